The highest BCUT2D eigenvalue weighted by Crippen LogP contribution is 2.22. The van der Waals surface area contributed by atoms with E-state index in [9.17, 15) is 9.59 Å². The molecule has 2 heterocycles. The molecule has 1 aliphatic heterocycles. The molecule has 3 N–H and O–H groups in total. The van der Waals surface area contributed by atoms with Gasteiger partial charge in [0.1, 0.15) is 5.76 Å². The van der Waals surface area contributed by atoms with E-state index in [0.29, 0.717) is 24.6 Å². The van der Waals surface area contributed by atoms with E-state index in [-0.39, 0.29) is 11.7 Å². The van der Waals surface area contributed by atoms with Crippen LogP contribution in [-0.2, 0) is 11.3 Å². The van der Waals surface area contributed by atoms with Gasteiger partial charge in [-0.15, -0.1) is 0 Å². The largest absolute Gasteiger partial charge is 0.456 e. The van der Waals surface area contributed by atoms with E-state index in [2.05, 4.69) is 6.92 Å². The topological polar surface area (TPSA) is 88.6 Å². The van der Waals surface area contributed by atoms with Crippen molar-refractivity contribution in [1.29, 1.82) is 0 Å². The van der Waals surface area contributed by atoms with E-state index in [1.807, 2.05) is 10.3 Å². The third-order valence-electron chi connectivity index (χ3n) is 3.83. The van der Waals surface area contributed by atoms with Gasteiger partial charge in [0.15, 0.2) is 5.76 Å². The highest BCUT2D eigenvalue weighted by molar-refractivity contribution is 5.91. The van der Waals surface area contributed by atoms with Crippen LogP contribution in [0.5, 0.6) is 0 Å². The standard InChI is InChI=1S/C14H21N3O3/c1-9-3-4-13(18)17(6-5-9)8-11-7-12(14(19)16-15)20-10(11)2/h7,9H,3-6,8,15H2,1-2H3,(H,16,19). The van der Waals surface area contributed by atoms with Crippen LogP contribution in [0.2, 0.25) is 0 Å². The van der Waals surface area contributed by atoms with Crippen molar-refractivity contribution in [1.82, 2.24) is 10.3 Å². The zero-order chi connectivity index (χ0) is 14.7. The summed E-state index contributed by atoms with van der Waals surface area (Å²) < 4.78 is 5.37. The smallest absolute Gasteiger partial charge is 0.300 e. The highest BCUT2D eigenvalue weighted by Gasteiger charge is 2.22. The first-order valence-electron chi connectivity index (χ1n) is 6.89. The van der Waals surface area contributed by atoms with Crippen molar-refractivity contribution < 1.29 is 14.0 Å². The first-order chi connectivity index (χ1) is 9.51. The Balaban J connectivity index is 2.10. The van der Waals surface area contributed by atoms with Crippen molar-refractivity contribution in [3.8, 4) is 0 Å². The fourth-order valence-electron chi connectivity index (χ4n) is 2.41. The molecule has 0 saturated carbocycles. The summed E-state index contributed by atoms with van der Waals surface area (Å²) >= 11 is 0. The summed E-state index contributed by atoms with van der Waals surface area (Å²) in [7, 11) is 0. The van der Waals surface area contributed by atoms with Gasteiger partial charge in [0.05, 0.1) is 0 Å². The lowest BCUT2D eigenvalue weighted by Crippen LogP contribution is -2.30. The molecule has 1 aromatic rings. The molecular weight excluding hydrogens is 258 g/mol. The monoisotopic (exact) mass is 279 g/mol. The number of rotatable bonds is 3. The number of furan rings is 1. The Bertz CT molecular complexity index is 510. The van der Waals surface area contributed by atoms with E-state index in [1.54, 1.807) is 13.0 Å². The number of hydrogen-bond acceptors (Lipinski definition) is 4. The summed E-state index contributed by atoms with van der Waals surface area (Å²) in [4.78, 5) is 25.3. The molecule has 0 radical (unpaired) electrons. The fraction of sp³-hybridized carbons (Fsp3) is 0.571. The van der Waals surface area contributed by atoms with Gasteiger partial charge >= 0.3 is 5.91 Å². The first-order valence-corrected chi connectivity index (χ1v) is 6.89. The lowest BCUT2D eigenvalue weighted by molar-refractivity contribution is -0.131. The van der Waals surface area contributed by atoms with Gasteiger partial charge in [-0.3, -0.25) is 15.0 Å². The zero-order valence-electron chi connectivity index (χ0n) is 11.9. The molecule has 1 fully saturated rings. The molecule has 1 unspecified atom stereocenters. The quantitative estimate of drug-likeness (QED) is 0.496. The van der Waals surface area contributed by atoms with Crippen LogP contribution < -0.4 is 11.3 Å². The van der Waals surface area contributed by atoms with Crippen LogP contribution in [-0.4, -0.2) is 23.3 Å². The second-order valence-corrected chi connectivity index (χ2v) is 5.41. The van der Waals surface area contributed by atoms with Gasteiger partial charge in [0.2, 0.25) is 5.91 Å². The Morgan fingerprint density at radius 2 is 2.30 bits per heavy atom. The van der Waals surface area contributed by atoms with E-state index in [1.165, 1.54) is 0 Å². The molecular formula is C14H21N3O3. The number of carbonyl (C=O) groups is 2. The number of carbonyl (C=O) groups excluding carboxylic acids is 2. The summed E-state index contributed by atoms with van der Waals surface area (Å²) in [6.07, 6.45) is 2.55. The third kappa shape index (κ3) is 3.19. The minimum atomic E-state index is -0.463. The van der Waals surface area contributed by atoms with E-state index in [4.69, 9.17) is 10.3 Å². The molecule has 6 nitrogen and oxygen atoms in total. The predicted octanol–water partition coefficient (Wildman–Crippen LogP) is 1.34. The second kappa shape index (κ2) is 6.09. The average molecular weight is 279 g/mol. The molecule has 1 aliphatic rings. The molecule has 0 aliphatic carbocycles. The van der Waals surface area contributed by atoms with Crippen LogP contribution in [0, 0.1) is 12.8 Å². The van der Waals surface area contributed by atoms with Gasteiger partial charge in [-0.05, 0) is 31.7 Å². The zero-order valence-corrected chi connectivity index (χ0v) is 11.9. The molecule has 0 spiro atoms. The lowest BCUT2D eigenvalue weighted by Gasteiger charge is -2.20. The number of aryl methyl sites for hydroxylation is 1. The Morgan fingerprint density at radius 3 is 3.00 bits per heavy atom. The lowest BCUT2D eigenvalue weighted by atomic mass is 10.0. The van der Waals surface area contributed by atoms with Gasteiger partial charge in [-0.1, -0.05) is 6.92 Å². The number of nitrogens with two attached hydrogens (primary N) is 1. The predicted molar refractivity (Wildman–Crippen MR) is 73.5 cm³/mol. The van der Waals surface area contributed by atoms with E-state index < -0.39 is 5.91 Å². The molecule has 0 aromatic carbocycles. The molecule has 1 saturated heterocycles. The average Bonchev–Trinajstić information content (AvgIpc) is 2.72. The molecule has 1 atom stereocenters. The molecule has 6 heteroatoms. The van der Waals surface area contributed by atoms with E-state index >= 15 is 0 Å². The van der Waals surface area contributed by atoms with Gasteiger partial charge in [0, 0.05) is 25.1 Å². The molecule has 1 aromatic heterocycles. The van der Waals surface area contributed by atoms with Crippen LogP contribution in [0.3, 0.4) is 0 Å². The van der Waals surface area contributed by atoms with Crippen LogP contribution in [0.4, 0.5) is 0 Å². The van der Waals surface area contributed by atoms with Crippen molar-refractivity contribution in [2.24, 2.45) is 11.8 Å². The Kier molecular flexibility index (Phi) is 4.44. The van der Waals surface area contributed by atoms with Gasteiger partial charge in [0.25, 0.3) is 0 Å². The summed E-state index contributed by atoms with van der Waals surface area (Å²) in [6, 6.07) is 1.65. The van der Waals surface area contributed by atoms with Crippen molar-refractivity contribution in [2.45, 2.75) is 39.7 Å². The number of amides is 2. The second-order valence-electron chi connectivity index (χ2n) is 5.41. The number of hydrazine groups is 1. The summed E-state index contributed by atoms with van der Waals surface area (Å²) in [5.74, 6) is 6.19. The van der Waals surface area contributed by atoms with Gasteiger partial charge in [-0.2, -0.15) is 0 Å². The normalized spacial score (nSPS) is 19.9. The van der Waals surface area contributed by atoms with Gasteiger partial charge in [-0.25, -0.2) is 5.84 Å². The van der Waals surface area contributed by atoms with Crippen LogP contribution in [0.25, 0.3) is 0 Å². The number of hydrogen-bond donors (Lipinski definition) is 2. The Labute approximate surface area is 118 Å². The maximum Gasteiger partial charge on any atom is 0.300 e. The van der Waals surface area contributed by atoms with Crippen LogP contribution in [0.1, 0.15) is 48.1 Å². The fourth-order valence-corrected chi connectivity index (χ4v) is 2.41. The van der Waals surface area contributed by atoms with E-state index in [0.717, 1.165) is 24.9 Å². The maximum atomic E-state index is 12.1. The molecule has 110 valence electrons. The summed E-state index contributed by atoms with van der Waals surface area (Å²) in [6.45, 7) is 5.19. The van der Waals surface area contributed by atoms with Crippen LogP contribution >= 0.6 is 0 Å². The minimum Gasteiger partial charge on any atom is -0.456 e. The number of nitrogen functional groups attached to an aromatic ring is 1. The number of nitrogens with one attached hydrogen (secondary N) is 1. The number of likely N-dealkylation sites (tertiary alicyclic amines) is 1. The van der Waals surface area contributed by atoms with Crippen molar-refractivity contribution >= 4 is 11.8 Å². The van der Waals surface area contributed by atoms with Crippen LogP contribution in [0.15, 0.2) is 10.5 Å². The molecule has 0 bridgehead atoms. The molecule has 20 heavy (non-hydrogen) atoms. The minimum absolute atomic E-state index is 0.166. The maximum absolute atomic E-state index is 12.1. The van der Waals surface area contributed by atoms with Gasteiger partial charge < -0.3 is 9.32 Å². The van der Waals surface area contributed by atoms with Crippen molar-refractivity contribution in [3.63, 3.8) is 0 Å². The third-order valence-corrected chi connectivity index (χ3v) is 3.83. The van der Waals surface area contributed by atoms with Crippen molar-refractivity contribution in [3.05, 3.63) is 23.2 Å². The summed E-state index contributed by atoms with van der Waals surface area (Å²) in [5.41, 5.74) is 2.89. The Morgan fingerprint density at radius 1 is 1.55 bits per heavy atom. The highest BCUT2D eigenvalue weighted by atomic mass is 16.4. The summed E-state index contributed by atoms with van der Waals surface area (Å²) in [5, 5.41) is 0. The SMILES string of the molecule is Cc1oc(C(=O)NN)cc1CN1CCC(C)CCC1=O. The Hall–Kier alpha value is -1.82. The molecule has 2 rings (SSSR count). The van der Waals surface area contributed by atoms with Crippen molar-refractivity contribution in [2.75, 3.05) is 6.54 Å². The molecule has 2 amide bonds. The number of nitrogens with zero attached hydrogens (tertiary/aromatic N) is 1. The first kappa shape index (κ1) is 14.6.